The topological polar surface area (TPSA) is 26.3 Å². The third-order valence-corrected chi connectivity index (χ3v) is 3.53. The third-order valence-electron chi connectivity index (χ3n) is 2.65. The molecule has 3 aromatic rings. The van der Waals surface area contributed by atoms with Gasteiger partial charge in [-0.3, -0.25) is 0 Å². The maximum absolute atomic E-state index is 11.9. The molecule has 0 N–H and O–H groups in total. The number of rotatable bonds is 2. The van der Waals surface area contributed by atoms with Crippen molar-refractivity contribution < 1.29 is 9.53 Å². The molecule has 2 nitrogen and oxygen atoms in total. The van der Waals surface area contributed by atoms with Gasteiger partial charge in [-0.05, 0) is 47.2 Å². The molecule has 0 saturated heterocycles. The van der Waals surface area contributed by atoms with Crippen LogP contribution >= 0.6 is 11.3 Å². The smallest absolute Gasteiger partial charge is 0.343 e. The normalized spacial score (nSPS) is 10.4. The van der Waals surface area contributed by atoms with Crippen LogP contribution in [-0.2, 0) is 0 Å². The van der Waals surface area contributed by atoms with E-state index in [1.807, 2.05) is 47.8 Å². The number of fused-ring (bicyclic) bond motifs is 1. The first-order valence-electron chi connectivity index (χ1n) is 5.57. The Bertz CT molecular complexity index is 686. The highest BCUT2D eigenvalue weighted by Gasteiger charge is 2.08. The lowest BCUT2D eigenvalue weighted by molar-refractivity contribution is 0.0735. The Morgan fingerprint density at radius 2 is 1.83 bits per heavy atom. The van der Waals surface area contributed by atoms with Crippen LogP contribution in [0, 0.1) is 0 Å². The lowest BCUT2D eigenvalue weighted by Gasteiger charge is -2.04. The van der Waals surface area contributed by atoms with E-state index in [1.54, 1.807) is 23.5 Å². The van der Waals surface area contributed by atoms with Crippen molar-refractivity contribution in [1.82, 2.24) is 0 Å². The molecule has 88 valence electrons. The monoisotopic (exact) mass is 254 g/mol. The molecule has 0 unspecified atom stereocenters. The number of ether oxygens (including phenoxy) is 1. The average Bonchev–Trinajstić information content (AvgIpc) is 2.87. The SMILES string of the molecule is O=C(Oc1ccc2ccsc2c1)c1ccccc1. The van der Waals surface area contributed by atoms with Crippen molar-refractivity contribution in [3.63, 3.8) is 0 Å². The lowest BCUT2D eigenvalue weighted by atomic mass is 10.2. The van der Waals surface area contributed by atoms with Crippen LogP contribution in [0.3, 0.4) is 0 Å². The van der Waals surface area contributed by atoms with Gasteiger partial charge < -0.3 is 4.74 Å². The molecule has 0 fully saturated rings. The van der Waals surface area contributed by atoms with Crippen molar-refractivity contribution in [3.8, 4) is 5.75 Å². The van der Waals surface area contributed by atoms with Crippen molar-refractivity contribution in [2.45, 2.75) is 0 Å². The van der Waals surface area contributed by atoms with E-state index in [9.17, 15) is 4.79 Å². The molecular formula is C15H10O2S. The number of benzene rings is 2. The van der Waals surface area contributed by atoms with Gasteiger partial charge in [-0.15, -0.1) is 11.3 Å². The summed E-state index contributed by atoms with van der Waals surface area (Å²) < 4.78 is 6.46. The van der Waals surface area contributed by atoms with Gasteiger partial charge in [0.15, 0.2) is 0 Å². The van der Waals surface area contributed by atoms with Crippen LogP contribution in [0.4, 0.5) is 0 Å². The summed E-state index contributed by atoms with van der Waals surface area (Å²) in [4.78, 5) is 11.9. The number of thiophene rings is 1. The highest BCUT2D eigenvalue weighted by molar-refractivity contribution is 7.17. The molecule has 1 heterocycles. The third kappa shape index (κ3) is 2.13. The Morgan fingerprint density at radius 3 is 2.67 bits per heavy atom. The van der Waals surface area contributed by atoms with E-state index in [1.165, 1.54) is 5.39 Å². The molecule has 0 bridgehead atoms. The molecular weight excluding hydrogens is 244 g/mol. The maximum Gasteiger partial charge on any atom is 0.343 e. The summed E-state index contributed by atoms with van der Waals surface area (Å²) in [5.74, 6) is 0.255. The quantitative estimate of drug-likeness (QED) is 0.508. The molecule has 0 aliphatic carbocycles. The highest BCUT2D eigenvalue weighted by Crippen LogP contribution is 2.25. The van der Waals surface area contributed by atoms with Crippen LogP contribution in [0.15, 0.2) is 60.0 Å². The predicted octanol–water partition coefficient (Wildman–Crippen LogP) is 4.12. The van der Waals surface area contributed by atoms with Gasteiger partial charge in [0, 0.05) is 4.70 Å². The Balaban J connectivity index is 1.86. The van der Waals surface area contributed by atoms with Gasteiger partial charge in [-0.1, -0.05) is 18.2 Å². The lowest BCUT2D eigenvalue weighted by Crippen LogP contribution is -2.07. The van der Waals surface area contributed by atoms with Gasteiger partial charge in [0.2, 0.25) is 0 Å². The summed E-state index contributed by atoms with van der Waals surface area (Å²) in [6, 6.07) is 16.7. The second-order valence-electron chi connectivity index (χ2n) is 3.88. The Labute approximate surface area is 108 Å². The Kier molecular flexibility index (Phi) is 2.82. The zero-order valence-corrected chi connectivity index (χ0v) is 10.3. The molecule has 3 rings (SSSR count). The van der Waals surface area contributed by atoms with Crippen molar-refractivity contribution in [2.24, 2.45) is 0 Å². The van der Waals surface area contributed by atoms with E-state index in [4.69, 9.17) is 4.74 Å². The van der Waals surface area contributed by atoms with Gasteiger partial charge in [0.25, 0.3) is 0 Å². The summed E-state index contributed by atoms with van der Waals surface area (Å²) in [7, 11) is 0. The van der Waals surface area contributed by atoms with Crippen LogP contribution < -0.4 is 4.74 Å². The molecule has 2 aromatic carbocycles. The predicted molar refractivity (Wildman–Crippen MR) is 73.2 cm³/mol. The van der Waals surface area contributed by atoms with Crippen molar-refractivity contribution in [2.75, 3.05) is 0 Å². The van der Waals surface area contributed by atoms with Crippen molar-refractivity contribution >= 4 is 27.4 Å². The number of carbonyl (C=O) groups excluding carboxylic acids is 1. The highest BCUT2D eigenvalue weighted by atomic mass is 32.1. The van der Waals surface area contributed by atoms with Crippen molar-refractivity contribution in [3.05, 3.63) is 65.5 Å². The summed E-state index contributed by atoms with van der Waals surface area (Å²) in [5, 5.41) is 3.19. The molecule has 0 saturated carbocycles. The van der Waals surface area contributed by atoms with E-state index < -0.39 is 0 Å². The van der Waals surface area contributed by atoms with Crippen molar-refractivity contribution in [1.29, 1.82) is 0 Å². The second kappa shape index (κ2) is 4.63. The standard InChI is InChI=1S/C15H10O2S/c16-15(12-4-2-1-3-5-12)17-13-7-6-11-8-9-18-14(11)10-13/h1-10H. The fraction of sp³-hybridized carbons (Fsp3) is 0. The summed E-state index contributed by atoms with van der Waals surface area (Å²) in [6.45, 7) is 0. The average molecular weight is 254 g/mol. The summed E-state index contributed by atoms with van der Waals surface area (Å²) in [6.07, 6.45) is 0. The van der Waals surface area contributed by atoms with E-state index >= 15 is 0 Å². The fourth-order valence-electron chi connectivity index (χ4n) is 1.74. The number of carbonyl (C=O) groups is 1. The van der Waals surface area contributed by atoms with E-state index in [0.29, 0.717) is 11.3 Å². The summed E-state index contributed by atoms with van der Waals surface area (Å²) >= 11 is 1.63. The van der Waals surface area contributed by atoms with Gasteiger partial charge in [-0.25, -0.2) is 4.79 Å². The van der Waals surface area contributed by atoms with Gasteiger partial charge in [0.1, 0.15) is 5.75 Å². The zero-order chi connectivity index (χ0) is 12.4. The first-order chi connectivity index (χ1) is 8.83. The fourth-order valence-corrected chi connectivity index (χ4v) is 2.56. The minimum atomic E-state index is -0.327. The molecule has 0 radical (unpaired) electrons. The zero-order valence-electron chi connectivity index (χ0n) is 9.50. The van der Waals surface area contributed by atoms with Gasteiger partial charge >= 0.3 is 5.97 Å². The first kappa shape index (κ1) is 11.0. The second-order valence-corrected chi connectivity index (χ2v) is 4.82. The summed E-state index contributed by atoms with van der Waals surface area (Å²) in [5.41, 5.74) is 0.559. The number of hydrogen-bond donors (Lipinski definition) is 0. The minimum Gasteiger partial charge on any atom is -0.423 e. The molecule has 3 heteroatoms. The van der Waals surface area contributed by atoms with Crippen LogP contribution in [0.2, 0.25) is 0 Å². The molecule has 0 spiro atoms. The van der Waals surface area contributed by atoms with Crippen LogP contribution in [-0.4, -0.2) is 5.97 Å². The molecule has 1 aromatic heterocycles. The largest absolute Gasteiger partial charge is 0.423 e. The molecule has 0 amide bonds. The molecule has 0 aliphatic rings. The van der Waals surface area contributed by atoms with Crippen LogP contribution in [0.25, 0.3) is 10.1 Å². The van der Waals surface area contributed by atoms with E-state index in [-0.39, 0.29) is 5.97 Å². The number of esters is 1. The van der Waals surface area contributed by atoms with E-state index in [0.717, 1.165) is 4.70 Å². The van der Waals surface area contributed by atoms with Gasteiger partial charge in [0.05, 0.1) is 5.56 Å². The minimum absolute atomic E-state index is 0.327. The Hall–Kier alpha value is -2.13. The van der Waals surface area contributed by atoms with Crippen LogP contribution in [0.1, 0.15) is 10.4 Å². The number of hydrogen-bond acceptors (Lipinski definition) is 3. The van der Waals surface area contributed by atoms with E-state index in [2.05, 4.69) is 0 Å². The van der Waals surface area contributed by atoms with Crippen LogP contribution in [0.5, 0.6) is 5.75 Å². The first-order valence-corrected chi connectivity index (χ1v) is 6.45. The molecule has 0 aliphatic heterocycles. The Morgan fingerprint density at radius 1 is 1.00 bits per heavy atom. The molecule has 18 heavy (non-hydrogen) atoms. The van der Waals surface area contributed by atoms with Gasteiger partial charge in [-0.2, -0.15) is 0 Å². The maximum atomic E-state index is 11.9. The molecule has 0 atom stereocenters.